The van der Waals surface area contributed by atoms with E-state index in [0.717, 1.165) is 12.2 Å². The fourth-order valence-corrected chi connectivity index (χ4v) is 2.60. The van der Waals surface area contributed by atoms with Crippen LogP contribution in [-0.4, -0.2) is 19.6 Å². The Morgan fingerprint density at radius 2 is 2.24 bits per heavy atom. The summed E-state index contributed by atoms with van der Waals surface area (Å²) in [6.45, 7) is 0.946. The lowest BCUT2D eigenvalue weighted by molar-refractivity contribution is 0.306. The Balaban J connectivity index is 1.81. The van der Waals surface area contributed by atoms with E-state index in [-0.39, 0.29) is 5.82 Å². The first-order chi connectivity index (χ1) is 8.28. The molecule has 1 aliphatic rings. The Morgan fingerprint density at radius 3 is 3.00 bits per heavy atom. The predicted octanol–water partition coefficient (Wildman–Crippen LogP) is 3.02. The van der Waals surface area contributed by atoms with E-state index in [9.17, 15) is 4.39 Å². The van der Waals surface area contributed by atoms with Gasteiger partial charge in [-0.2, -0.15) is 0 Å². The molecule has 1 aromatic rings. The zero-order chi connectivity index (χ0) is 12.1. The Bertz CT molecular complexity index is 354. The first-order valence-corrected chi connectivity index (χ1v) is 6.44. The Labute approximate surface area is 103 Å². The van der Waals surface area contributed by atoms with E-state index in [1.54, 1.807) is 12.1 Å². The van der Waals surface area contributed by atoms with Gasteiger partial charge in [-0.05, 0) is 50.4 Å². The maximum atomic E-state index is 13.0. The van der Waals surface area contributed by atoms with Crippen molar-refractivity contribution in [3.05, 3.63) is 30.1 Å². The molecule has 0 aromatic heterocycles. The maximum Gasteiger partial charge on any atom is 0.125 e. The summed E-state index contributed by atoms with van der Waals surface area (Å²) in [7, 11) is 2.03. The highest BCUT2D eigenvalue weighted by atomic mass is 19.1. The molecule has 0 radical (unpaired) electrons. The van der Waals surface area contributed by atoms with Crippen molar-refractivity contribution in [2.75, 3.05) is 18.9 Å². The lowest BCUT2D eigenvalue weighted by atomic mass is 9.85. The molecular weight excluding hydrogens is 215 g/mol. The Hall–Kier alpha value is -1.09. The van der Waals surface area contributed by atoms with Crippen LogP contribution in [0.15, 0.2) is 24.3 Å². The van der Waals surface area contributed by atoms with Gasteiger partial charge in [0.25, 0.3) is 0 Å². The van der Waals surface area contributed by atoms with Crippen LogP contribution in [0.25, 0.3) is 0 Å². The van der Waals surface area contributed by atoms with E-state index in [4.69, 9.17) is 0 Å². The van der Waals surface area contributed by atoms with Crippen molar-refractivity contribution in [3.8, 4) is 0 Å². The summed E-state index contributed by atoms with van der Waals surface area (Å²) < 4.78 is 13.0. The minimum Gasteiger partial charge on any atom is -0.385 e. The zero-order valence-electron chi connectivity index (χ0n) is 10.4. The summed E-state index contributed by atoms with van der Waals surface area (Å²) in [5, 5.41) is 6.69. The molecule has 3 heteroatoms. The summed E-state index contributed by atoms with van der Waals surface area (Å²) in [5.74, 6) is 0.524. The molecule has 1 aromatic carbocycles. The Morgan fingerprint density at radius 1 is 1.35 bits per heavy atom. The summed E-state index contributed by atoms with van der Waals surface area (Å²) in [5.41, 5.74) is 0.886. The van der Waals surface area contributed by atoms with Crippen LogP contribution in [-0.2, 0) is 0 Å². The smallest absolute Gasteiger partial charge is 0.125 e. The van der Waals surface area contributed by atoms with Crippen LogP contribution in [0.5, 0.6) is 0 Å². The topological polar surface area (TPSA) is 24.1 Å². The molecule has 0 bridgehead atoms. The lowest BCUT2D eigenvalue weighted by Gasteiger charge is -2.29. The standard InChI is InChI=1S/C14H21FN2/c1-16-13-6-2-4-11(8-13)10-17-14-7-3-5-12(15)9-14/h3,5,7,9,11,13,16-17H,2,4,6,8,10H2,1H3. The second-order valence-electron chi connectivity index (χ2n) is 4.91. The largest absolute Gasteiger partial charge is 0.385 e. The second-order valence-corrected chi connectivity index (χ2v) is 4.91. The zero-order valence-corrected chi connectivity index (χ0v) is 10.4. The van der Waals surface area contributed by atoms with Gasteiger partial charge in [-0.15, -0.1) is 0 Å². The molecule has 1 saturated carbocycles. The van der Waals surface area contributed by atoms with Crippen molar-refractivity contribution in [1.29, 1.82) is 0 Å². The maximum absolute atomic E-state index is 13.0. The molecule has 1 aliphatic carbocycles. The fourth-order valence-electron chi connectivity index (χ4n) is 2.60. The Kier molecular flexibility index (Phi) is 4.37. The first-order valence-electron chi connectivity index (χ1n) is 6.44. The van der Waals surface area contributed by atoms with Crippen LogP contribution in [0.4, 0.5) is 10.1 Å². The molecule has 2 nitrogen and oxygen atoms in total. The molecule has 2 N–H and O–H groups in total. The van der Waals surface area contributed by atoms with Gasteiger partial charge in [0.1, 0.15) is 5.82 Å². The third kappa shape index (κ3) is 3.70. The summed E-state index contributed by atoms with van der Waals surface area (Å²) in [4.78, 5) is 0. The lowest BCUT2D eigenvalue weighted by Crippen LogP contribution is -2.33. The van der Waals surface area contributed by atoms with E-state index < -0.39 is 0 Å². The van der Waals surface area contributed by atoms with Crippen molar-refractivity contribution in [2.45, 2.75) is 31.7 Å². The average Bonchev–Trinajstić information content (AvgIpc) is 2.37. The highest BCUT2D eigenvalue weighted by molar-refractivity contribution is 5.42. The van der Waals surface area contributed by atoms with Gasteiger partial charge < -0.3 is 10.6 Å². The van der Waals surface area contributed by atoms with Gasteiger partial charge in [-0.25, -0.2) is 4.39 Å². The van der Waals surface area contributed by atoms with E-state index in [1.165, 1.54) is 31.7 Å². The first kappa shape index (κ1) is 12.4. The van der Waals surface area contributed by atoms with Crippen molar-refractivity contribution < 1.29 is 4.39 Å². The molecule has 17 heavy (non-hydrogen) atoms. The highest BCUT2D eigenvalue weighted by Gasteiger charge is 2.20. The normalized spacial score (nSPS) is 24.6. The van der Waals surface area contributed by atoms with Gasteiger partial charge in [0.2, 0.25) is 0 Å². The van der Waals surface area contributed by atoms with Gasteiger partial charge in [-0.3, -0.25) is 0 Å². The van der Waals surface area contributed by atoms with E-state index in [1.807, 2.05) is 13.1 Å². The molecule has 0 saturated heterocycles. The van der Waals surface area contributed by atoms with E-state index >= 15 is 0 Å². The van der Waals surface area contributed by atoms with E-state index in [0.29, 0.717) is 12.0 Å². The highest BCUT2D eigenvalue weighted by Crippen LogP contribution is 2.24. The number of anilines is 1. The van der Waals surface area contributed by atoms with Gasteiger partial charge >= 0.3 is 0 Å². The van der Waals surface area contributed by atoms with Gasteiger partial charge in [0.05, 0.1) is 0 Å². The molecule has 0 aliphatic heterocycles. The molecular formula is C14H21FN2. The second kappa shape index (κ2) is 6.01. The van der Waals surface area contributed by atoms with Crippen LogP contribution < -0.4 is 10.6 Å². The van der Waals surface area contributed by atoms with Crippen molar-refractivity contribution in [2.24, 2.45) is 5.92 Å². The molecule has 0 heterocycles. The van der Waals surface area contributed by atoms with Crippen LogP contribution in [0.1, 0.15) is 25.7 Å². The minimum absolute atomic E-state index is 0.174. The van der Waals surface area contributed by atoms with E-state index in [2.05, 4.69) is 10.6 Å². The molecule has 0 spiro atoms. The van der Waals surface area contributed by atoms with Crippen molar-refractivity contribution >= 4 is 5.69 Å². The number of hydrogen-bond acceptors (Lipinski definition) is 2. The number of nitrogens with one attached hydrogen (secondary N) is 2. The summed E-state index contributed by atoms with van der Waals surface area (Å²) in [6.07, 6.45) is 5.08. The monoisotopic (exact) mass is 236 g/mol. The molecule has 2 rings (SSSR count). The van der Waals surface area contributed by atoms with Crippen molar-refractivity contribution in [3.63, 3.8) is 0 Å². The number of rotatable bonds is 4. The molecule has 2 atom stereocenters. The van der Waals surface area contributed by atoms with Gasteiger partial charge in [-0.1, -0.05) is 12.5 Å². The van der Waals surface area contributed by atoms with Crippen molar-refractivity contribution in [1.82, 2.24) is 5.32 Å². The minimum atomic E-state index is -0.174. The predicted molar refractivity (Wildman–Crippen MR) is 69.7 cm³/mol. The van der Waals surface area contributed by atoms with Crippen LogP contribution in [0, 0.1) is 11.7 Å². The fraction of sp³-hybridized carbons (Fsp3) is 0.571. The molecule has 94 valence electrons. The van der Waals surface area contributed by atoms with Crippen LogP contribution in [0.2, 0.25) is 0 Å². The third-order valence-electron chi connectivity index (χ3n) is 3.61. The molecule has 2 unspecified atom stereocenters. The number of halogens is 1. The third-order valence-corrected chi connectivity index (χ3v) is 3.61. The number of hydrogen-bond donors (Lipinski definition) is 2. The number of benzene rings is 1. The molecule has 0 amide bonds. The summed E-state index contributed by atoms with van der Waals surface area (Å²) in [6, 6.07) is 7.35. The van der Waals surface area contributed by atoms with Crippen LogP contribution >= 0.6 is 0 Å². The molecule has 1 fully saturated rings. The van der Waals surface area contributed by atoms with Crippen LogP contribution in [0.3, 0.4) is 0 Å². The van der Waals surface area contributed by atoms with Gasteiger partial charge in [0, 0.05) is 18.3 Å². The quantitative estimate of drug-likeness (QED) is 0.839. The SMILES string of the molecule is CNC1CCCC(CNc2cccc(F)c2)C1. The summed E-state index contributed by atoms with van der Waals surface area (Å²) >= 11 is 0. The average molecular weight is 236 g/mol. The van der Waals surface area contributed by atoms with Gasteiger partial charge in [0.15, 0.2) is 0 Å².